The average molecular weight is 481 g/mol. The van der Waals surface area contributed by atoms with E-state index in [1.54, 1.807) is 17.3 Å². The van der Waals surface area contributed by atoms with E-state index in [1.165, 1.54) is 49.7 Å². The second kappa shape index (κ2) is 9.01. The Hall–Kier alpha value is -3.14. The Morgan fingerprint density at radius 3 is 2.42 bits per heavy atom. The van der Waals surface area contributed by atoms with Crippen LogP contribution in [0.5, 0.6) is 0 Å². The van der Waals surface area contributed by atoms with Gasteiger partial charge in [-0.25, -0.2) is 17.7 Å². The van der Waals surface area contributed by atoms with E-state index in [2.05, 4.69) is 11.1 Å². The molecule has 0 saturated carbocycles. The number of thiazole rings is 1. The van der Waals surface area contributed by atoms with Crippen molar-refractivity contribution in [2.24, 2.45) is 0 Å². The molecule has 33 heavy (non-hydrogen) atoms. The average Bonchev–Trinajstić information content (AvgIpc) is 3.22. The highest BCUT2D eigenvalue weighted by Gasteiger charge is 2.24. The summed E-state index contributed by atoms with van der Waals surface area (Å²) in [6.07, 6.45) is 3.40. The number of carbonyl (C=O) groups is 1. The quantitative estimate of drug-likeness (QED) is 0.408. The van der Waals surface area contributed by atoms with Gasteiger partial charge in [0.25, 0.3) is 5.91 Å². The van der Waals surface area contributed by atoms with E-state index in [0.717, 1.165) is 31.2 Å². The van der Waals surface area contributed by atoms with Crippen molar-refractivity contribution in [2.75, 3.05) is 19.0 Å². The molecule has 0 aliphatic heterocycles. The van der Waals surface area contributed by atoms with E-state index in [9.17, 15) is 13.2 Å². The largest absolute Gasteiger partial charge is 0.279 e. The number of sulfonamides is 1. The van der Waals surface area contributed by atoms with E-state index < -0.39 is 10.0 Å². The van der Waals surface area contributed by atoms with Crippen LogP contribution in [0.1, 0.15) is 27.0 Å². The third-order valence-corrected chi connectivity index (χ3v) is 8.29. The van der Waals surface area contributed by atoms with Crippen LogP contribution in [0.25, 0.3) is 10.2 Å². The Labute approximate surface area is 197 Å². The molecule has 7 nitrogen and oxygen atoms in total. The first kappa shape index (κ1) is 23.0. The zero-order valence-corrected chi connectivity index (χ0v) is 20.4. The molecule has 2 heterocycles. The molecule has 0 saturated heterocycles. The van der Waals surface area contributed by atoms with E-state index in [-0.39, 0.29) is 10.8 Å². The number of fused-ring (bicyclic) bond motifs is 1. The highest BCUT2D eigenvalue weighted by Crippen LogP contribution is 2.33. The van der Waals surface area contributed by atoms with Gasteiger partial charge in [-0.05, 0) is 66.9 Å². The highest BCUT2D eigenvalue weighted by atomic mass is 32.2. The smallest absolute Gasteiger partial charge is 0.260 e. The van der Waals surface area contributed by atoms with E-state index in [1.807, 2.05) is 32.0 Å². The molecule has 2 aromatic carbocycles. The Morgan fingerprint density at radius 1 is 1.06 bits per heavy atom. The normalized spacial score (nSPS) is 11.8. The van der Waals surface area contributed by atoms with Crippen LogP contribution < -0.4 is 4.90 Å². The fourth-order valence-corrected chi connectivity index (χ4v) is 5.43. The number of pyridine rings is 1. The second-order valence-electron chi connectivity index (χ2n) is 7.99. The fraction of sp³-hybridized carbons (Fsp3) is 0.208. The van der Waals surface area contributed by atoms with Crippen molar-refractivity contribution in [1.29, 1.82) is 0 Å². The van der Waals surface area contributed by atoms with Gasteiger partial charge in [-0.15, -0.1) is 0 Å². The predicted molar refractivity (Wildman–Crippen MR) is 131 cm³/mol. The lowest BCUT2D eigenvalue weighted by atomic mass is 10.1. The van der Waals surface area contributed by atoms with Crippen LogP contribution in [0.15, 0.2) is 65.8 Å². The van der Waals surface area contributed by atoms with Gasteiger partial charge in [-0.3, -0.25) is 14.7 Å². The second-order valence-corrected chi connectivity index (χ2v) is 11.1. The molecule has 0 N–H and O–H groups in total. The van der Waals surface area contributed by atoms with E-state index >= 15 is 0 Å². The molecule has 9 heteroatoms. The number of anilines is 1. The number of rotatable bonds is 6. The van der Waals surface area contributed by atoms with Gasteiger partial charge >= 0.3 is 0 Å². The summed E-state index contributed by atoms with van der Waals surface area (Å²) < 4.78 is 26.9. The summed E-state index contributed by atoms with van der Waals surface area (Å²) in [7, 11) is -0.630. The number of benzene rings is 2. The lowest BCUT2D eigenvalue weighted by Gasteiger charge is -2.20. The summed E-state index contributed by atoms with van der Waals surface area (Å²) in [4.78, 5) is 24.3. The summed E-state index contributed by atoms with van der Waals surface area (Å²) in [5.41, 5.74) is 4.32. The summed E-state index contributed by atoms with van der Waals surface area (Å²) >= 11 is 1.47. The minimum atomic E-state index is -3.58. The molecule has 170 valence electrons. The molecule has 2 aromatic heterocycles. The maximum atomic E-state index is 13.6. The molecule has 0 fully saturated rings. The van der Waals surface area contributed by atoms with Gasteiger partial charge in [0, 0.05) is 32.1 Å². The lowest BCUT2D eigenvalue weighted by molar-refractivity contribution is 0.0985. The van der Waals surface area contributed by atoms with Crippen LogP contribution in [0, 0.1) is 13.8 Å². The number of carbonyl (C=O) groups excluding carboxylic acids is 1. The first-order valence-corrected chi connectivity index (χ1v) is 12.5. The molecule has 0 atom stereocenters. The zero-order chi connectivity index (χ0) is 23.8. The summed E-state index contributed by atoms with van der Waals surface area (Å²) in [5, 5.41) is 0.581. The van der Waals surface area contributed by atoms with Crippen molar-refractivity contribution < 1.29 is 13.2 Å². The Morgan fingerprint density at radius 2 is 1.79 bits per heavy atom. The third-order valence-electron chi connectivity index (χ3n) is 5.23. The molecule has 1 amide bonds. The molecule has 0 aliphatic rings. The standard InChI is InChI=1S/C24H24N4O3S2/c1-16-12-17(2)22-21(13-16)26-24(32-22)28(15-18-6-5-11-25-14-18)23(29)19-7-9-20(10-8-19)33(30,31)27(3)4/h5-14H,15H2,1-4H3. The van der Waals surface area contributed by atoms with Crippen LogP contribution in [0.3, 0.4) is 0 Å². The Balaban J connectivity index is 1.75. The number of amides is 1. The Bertz CT molecular complexity index is 1410. The first-order chi connectivity index (χ1) is 15.7. The van der Waals surface area contributed by atoms with Crippen molar-refractivity contribution in [3.8, 4) is 0 Å². The molecular formula is C24H24N4O3S2. The summed E-state index contributed by atoms with van der Waals surface area (Å²) in [6, 6.07) is 13.8. The highest BCUT2D eigenvalue weighted by molar-refractivity contribution is 7.89. The van der Waals surface area contributed by atoms with Gasteiger partial charge < -0.3 is 0 Å². The van der Waals surface area contributed by atoms with Gasteiger partial charge in [-0.2, -0.15) is 0 Å². The fourth-order valence-electron chi connectivity index (χ4n) is 3.52. The van der Waals surface area contributed by atoms with Gasteiger partial charge in [0.15, 0.2) is 5.13 Å². The minimum absolute atomic E-state index is 0.133. The monoisotopic (exact) mass is 480 g/mol. The number of hydrogen-bond donors (Lipinski definition) is 0. The number of hydrogen-bond acceptors (Lipinski definition) is 6. The van der Waals surface area contributed by atoms with Gasteiger partial charge in [0.05, 0.1) is 21.7 Å². The van der Waals surface area contributed by atoms with Crippen molar-refractivity contribution in [3.63, 3.8) is 0 Å². The first-order valence-electron chi connectivity index (χ1n) is 10.3. The molecular weight excluding hydrogens is 456 g/mol. The van der Waals surface area contributed by atoms with Crippen molar-refractivity contribution in [3.05, 3.63) is 83.2 Å². The van der Waals surface area contributed by atoms with Crippen LogP contribution in [0.4, 0.5) is 5.13 Å². The van der Waals surface area contributed by atoms with Crippen molar-refractivity contribution in [1.82, 2.24) is 14.3 Å². The van der Waals surface area contributed by atoms with Gasteiger partial charge in [0.1, 0.15) is 0 Å². The molecule has 0 spiro atoms. The summed E-state index contributed by atoms with van der Waals surface area (Å²) in [6.45, 7) is 4.35. The Kier molecular flexibility index (Phi) is 6.29. The molecule has 0 radical (unpaired) electrons. The van der Waals surface area contributed by atoms with Crippen LogP contribution >= 0.6 is 11.3 Å². The number of nitrogens with zero attached hydrogens (tertiary/aromatic N) is 4. The van der Waals surface area contributed by atoms with Crippen LogP contribution in [0.2, 0.25) is 0 Å². The molecule has 0 unspecified atom stereocenters. The third kappa shape index (κ3) is 4.66. The van der Waals surface area contributed by atoms with E-state index in [0.29, 0.717) is 17.2 Å². The molecule has 0 bridgehead atoms. The molecule has 0 aliphatic carbocycles. The van der Waals surface area contributed by atoms with E-state index in [4.69, 9.17) is 4.98 Å². The van der Waals surface area contributed by atoms with Gasteiger partial charge in [0.2, 0.25) is 10.0 Å². The van der Waals surface area contributed by atoms with Crippen molar-refractivity contribution in [2.45, 2.75) is 25.3 Å². The zero-order valence-electron chi connectivity index (χ0n) is 18.8. The van der Waals surface area contributed by atoms with Gasteiger partial charge in [-0.1, -0.05) is 23.5 Å². The number of aryl methyl sites for hydroxylation is 2. The molecule has 4 rings (SSSR count). The SMILES string of the molecule is Cc1cc(C)c2sc(N(Cc3cccnc3)C(=O)c3ccc(S(=O)(=O)N(C)C)cc3)nc2c1. The maximum absolute atomic E-state index is 13.6. The maximum Gasteiger partial charge on any atom is 0.260 e. The van der Waals surface area contributed by atoms with Crippen LogP contribution in [-0.2, 0) is 16.6 Å². The lowest BCUT2D eigenvalue weighted by Crippen LogP contribution is -2.30. The summed E-state index contributed by atoms with van der Waals surface area (Å²) in [5.74, 6) is -0.263. The predicted octanol–water partition coefficient (Wildman–Crippen LogP) is 4.41. The van der Waals surface area contributed by atoms with Crippen molar-refractivity contribution >= 4 is 42.6 Å². The van der Waals surface area contributed by atoms with Crippen LogP contribution in [-0.4, -0.2) is 42.7 Å². The molecule has 4 aromatic rings. The topological polar surface area (TPSA) is 83.5 Å². The number of aromatic nitrogens is 2. The minimum Gasteiger partial charge on any atom is -0.279 e.